The van der Waals surface area contributed by atoms with E-state index in [1.165, 1.54) is 12.0 Å². The van der Waals surface area contributed by atoms with Crippen molar-refractivity contribution < 1.29 is 4.74 Å². The Kier molecular flexibility index (Phi) is 5.89. The van der Waals surface area contributed by atoms with Crippen LogP contribution in [0.3, 0.4) is 0 Å². The fraction of sp³-hybridized carbons (Fsp3) is 0.867. The Morgan fingerprint density at radius 1 is 1.24 bits per heavy atom. The molecule has 1 unspecified atom stereocenters. The summed E-state index contributed by atoms with van der Waals surface area (Å²) in [5.41, 5.74) is 1.62. The predicted octanol–water partition coefficient (Wildman–Crippen LogP) is 4.07. The molecule has 0 N–H and O–H groups in total. The summed E-state index contributed by atoms with van der Waals surface area (Å²) in [6, 6.07) is 0. The van der Waals surface area contributed by atoms with Gasteiger partial charge in [-0.3, -0.25) is 4.90 Å². The van der Waals surface area contributed by atoms with Crippen molar-refractivity contribution >= 4 is 0 Å². The fourth-order valence-electron chi connectivity index (χ4n) is 1.69. The second kappa shape index (κ2) is 6.01. The van der Waals surface area contributed by atoms with Crippen LogP contribution in [0.4, 0.5) is 0 Å². The molecule has 0 aliphatic rings. The number of likely N-dealkylation sites (N-methyl/N-ethyl adjacent to an activating group) is 1. The molecule has 0 heterocycles. The minimum Gasteiger partial charge on any atom is -0.367 e. The molecule has 1 atom stereocenters. The Balaban J connectivity index is 4.54. The highest BCUT2D eigenvalue weighted by atomic mass is 16.5. The number of rotatable bonds is 6. The van der Waals surface area contributed by atoms with Gasteiger partial charge in [-0.25, -0.2) is 0 Å². The molecule has 0 aromatic carbocycles. The summed E-state index contributed by atoms with van der Waals surface area (Å²) in [6.45, 7) is 17.6. The van der Waals surface area contributed by atoms with Crippen molar-refractivity contribution in [3.8, 4) is 0 Å². The molecule has 17 heavy (non-hydrogen) atoms. The maximum absolute atomic E-state index is 5.38. The van der Waals surface area contributed by atoms with E-state index >= 15 is 0 Å². The molecule has 0 aromatic heterocycles. The van der Waals surface area contributed by atoms with E-state index in [1.807, 2.05) is 0 Å². The van der Waals surface area contributed by atoms with Crippen LogP contribution in [0.25, 0.3) is 0 Å². The SMILES string of the molecule is C=C(CCC(C)(C)C)C(C)(C)N(C)C(C)OC. The molecular weight excluding hydrogens is 210 g/mol. The summed E-state index contributed by atoms with van der Waals surface area (Å²) < 4.78 is 5.38. The second-order valence-corrected chi connectivity index (χ2v) is 6.67. The molecule has 0 aromatic rings. The first-order valence-corrected chi connectivity index (χ1v) is 6.46. The Morgan fingerprint density at radius 3 is 2.06 bits per heavy atom. The average Bonchev–Trinajstić information content (AvgIpc) is 2.22. The van der Waals surface area contributed by atoms with Gasteiger partial charge >= 0.3 is 0 Å². The zero-order valence-corrected chi connectivity index (χ0v) is 13.1. The van der Waals surface area contributed by atoms with E-state index in [2.05, 4.69) is 60.1 Å². The van der Waals surface area contributed by atoms with Gasteiger partial charge in [0.1, 0.15) is 6.23 Å². The van der Waals surface area contributed by atoms with Gasteiger partial charge in [-0.2, -0.15) is 0 Å². The topological polar surface area (TPSA) is 12.5 Å². The summed E-state index contributed by atoms with van der Waals surface area (Å²) in [4.78, 5) is 2.23. The fourth-order valence-corrected chi connectivity index (χ4v) is 1.69. The lowest BCUT2D eigenvalue weighted by Gasteiger charge is -2.41. The number of hydrogen-bond acceptors (Lipinski definition) is 2. The molecule has 0 aliphatic carbocycles. The van der Waals surface area contributed by atoms with Crippen LogP contribution in [-0.4, -0.2) is 30.8 Å². The summed E-state index contributed by atoms with van der Waals surface area (Å²) in [7, 11) is 3.84. The third kappa shape index (κ3) is 5.22. The number of ether oxygens (including phenoxy) is 1. The first kappa shape index (κ1) is 16.7. The maximum Gasteiger partial charge on any atom is 0.107 e. The van der Waals surface area contributed by atoms with Crippen molar-refractivity contribution in [3.05, 3.63) is 12.2 Å². The van der Waals surface area contributed by atoms with Crippen LogP contribution in [0.2, 0.25) is 0 Å². The molecule has 0 bridgehead atoms. The van der Waals surface area contributed by atoms with Gasteiger partial charge in [0.15, 0.2) is 0 Å². The standard InChI is InChI=1S/C15H31NO/c1-12(10-11-14(3,4)5)15(6,7)16(8)13(2)17-9/h13H,1,10-11H2,2-9H3. The van der Waals surface area contributed by atoms with Crippen LogP contribution in [-0.2, 0) is 4.74 Å². The van der Waals surface area contributed by atoms with Crippen molar-refractivity contribution in [3.63, 3.8) is 0 Å². The van der Waals surface area contributed by atoms with Crippen molar-refractivity contribution in [2.75, 3.05) is 14.2 Å². The van der Waals surface area contributed by atoms with E-state index in [1.54, 1.807) is 7.11 Å². The van der Waals surface area contributed by atoms with Crippen molar-refractivity contribution in [1.29, 1.82) is 0 Å². The van der Waals surface area contributed by atoms with E-state index in [0.717, 1.165) is 6.42 Å². The molecule has 2 nitrogen and oxygen atoms in total. The molecule has 0 spiro atoms. The number of methoxy groups -OCH3 is 1. The normalized spacial score (nSPS) is 15.1. The molecular formula is C15H31NO. The Bertz CT molecular complexity index is 250. The summed E-state index contributed by atoms with van der Waals surface area (Å²) >= 11 is 0. The van der Waals surface area contributed by atoms with E-state index in [0.29, 0.717) is 5.41 Å². The van der Waals surface area contributed by atoms with Gasteiger partial charge in [0.05, 0.1) is 0 Å². The smallest absolute Gasteiger partial charge is 0.107 e. The van der Waals surface area contributed by atoms with Gasteiger partial charge in [0, 0.05) is 12.6 Å². The van der Waals surface area contributed by atoms with Crippen molar-refractivity contribution in [2.45, 2.75) is 66.2 Å². The maximum atomic E-state index is 5.38. The highest BCUT2D eigenvalue weighted by molar-refractivity contribution is 5.13. The van der Waals surface area contributed by atoms with Gasteiger partial charge < -0.3 is 4.74 Å². The molecule has 2 heteroatoms. The van der Waals surface area contributed by atoms with E-state index in [4.69, 9.17) is 4.74 Å². The Labute approximate surface area is 108 Å². The average molecular weight is 241 g/mol. The summed E-state index contributed by atoms with van der Waals surface area (Å²) in [5.74, 6) is 0. The van der Waals surface area contributed by atoms with Gasteiger partial charge in [-0.1, -0.05) is 32.9 Å². The third-order valence-corrected chi connectivity index (χ3v) is 3.81. The Hall–Kier alpha value is -0.340. The van der Waals surface area contributed by atoms with E-state index < -0.39 is 0 Å². The number of nitrogens with zero attached hydrogens (tertiary/aromatic N) is 1. The van der Waals surface area contributed by atoms with Crippen LogP contribution in [0.15, 0.2) is 12.2 Å². The number of hydrogen-bond donors (Lipinski definition) is 0. The molecule has 0 amide bonds. The predicted molar refractivity (Wildman–Crippen MR) is 76.1 cm³/mol. The summed E-state index contributed by atoms with van der Waals surface area (Å²) in [6.07, 6.45) is 2.35. The van der Waals surface area contributed by atoms with Crippen molar-refractivity contribution in [1.82, 2.24) is 4.90 Å². The van der Waals surface area contributed by atoms with Gasteiger partial charge in [-0.15, -0.1) is 0 Å². The van der Waals surface area contributed by atoms with Crippen LogP contribution in [0.1, 0.15) is 54.4 Å². The molecule has 0 fully saturated rings. The quantitative estimate of drug-likeness (QED) is 0.513. The largest absolute Gasteiger partial charge is 0.367 e. The minimum absolute atomic E-state index is 0.0271. The molecule has 0 saturated carbocycles. The zero-order chi connectivity index (χ0) is 13.9. The molecule has 0 rings (SSSR count). The highest BCUT2D eigenvalue weighted by Crippen LogP contribution is 2.31. The molecule has 0 aliphatic heterocycles. The second-order valence-electron chi connectivity index (χ2n) is 6.67. The van der Waals surface area contributed by atoms with Crippen LogP contribution in [0, 0.1) is 5.41 Å². The molecule has 102 valence electrons. The summed E-state index contributed by atoms with van der Waals surface area (Å²) in [5, 5.41) is 0. The van der Waals surface area contributed by atoms with Crippen molar-refractivity contribution in [2.24, 2.45) is 5.41 Å². The van der Waals surface area contributed by atoms with Crippen LogP contribution >= 0.6 is 0 Å². The third-order valence-electron chi connectivity index (χ3n) is 3.81. The minimum atomic E-state index is -0.0271. The lowest BCUT2D eigenvalue weighted by atomic mass is 9.83. The van der Waals surface area contributed by atoms with Crippen LogP contribution < -0.4 is 0 Å². The van der Waals surface area contributed by atoms with Gasteiger partial charge in [0.25, 0.3) is 0 Å². The monoisotopic (exact) mass is 241 g/mol. The van der Waals surface area contributed by atoms with E-state index in [-0.39, 0.29) is 11.8 Å². The van der Waals surface area contributed by atoms with E-state index in [9.17, 15) is 0 Å². The first-order valence-electron chi connectivity index (χ1n) is 6.46. The molecule has 0 saturated heterocycles. The Morgan fingerprint density at radius 2 is 1.71 bits per heavy atom. The highest BCUT2D eigenvalue weighted by Gasteiger charge is 2.30. The van der Waals surface area contributed by atoms with Gasteiger partial charge in [-0.05, 0) is 46.1 Å². The zero-order valence-electron chi connectivity index (χ0n) is 13.1. The lowest BCUT2D eigenvalue weighted by molar-refractivity contribution is -0.0434. The lowest BCUT2D eigenvalue weighted by Crippen LogP contribution is -2.48. The van der Waals surface area contributed by atoms with Gasteiger partial charge in [0.2, 0.25) is 0 Å². The van der Waals surface area contributed by atoms with Crippen LogP contribution in [0.5, 0.6) is 0 Å². The first-order chi connectivity index (χ1) is 7.52. The molecule has 0 radical (unpaired) electrons.